The highest BCUT2D eigenvalue weighted by Crippen LogP contribution is 2.24. The zero-order valence-corrected chi connectivity index (χ0v) is 18.5. The third-order valence-electron chi connectivity index (χ3n) is 5.32. The van der Waals surface area contributed by atoms with Gasteiger partial charge in [0.1, 0.15) is 11.8 Å². The van der Waals surface area contributed by atoms with Crippen LogP contribution in [0, 0.1) is 0 Å². The molecule has 0 aliphatic carbocycles. The molecule has 1 aromatic heterocycles. The number of aryl methyl sites for hydroxylation is 1. The molecule has 1 heterocycles. The van der Waals surface area contributed by atoms with Gasteiger partial charge in [-0.25, -0.2) is 0 Å². The fourth-order valence-electron chi connectivity index (χ4n) is 3.31. The number of benzene rings is 2. The van der Waals surface area contributed by atoms with Gasteiger partial charge in [0.05, 0.1) is 6.61 Å². The number of unbranched alkanes of at least 4 members (excludes halogenated alkanes) is 4. The highest BCUT2D eigenvalue weighted by Gasteiger charge is 2.13. The first-order valence-electron chi connectivity index (χ1n) is 11.2. The Bertz CT molecular complexity index is 968. The summed E-state index contributed by atoms with van der Waals surface area (Å²) in [5, 5.41) is 13.0. The van der Waals surface area contributed by atoms with Gasteiger partial charge >= 0.3 is 5.97 Å². The molecular formula is C25H31N3O4. The van der Waals surface area contributed by atoms with E-state index in [2.05, 4.69) is 17.1 Å². The van der Waals surface area contributed by atoms with E-state index < -0.39 is 12.0 Å². The first-order valence-corrected chi connectivity index (χ1v) is 11.2. The van der Waals surface area contributed by atoms with E-state index in [1.807, 2.05) is 48.5 Å². The molecule has 3 rings (SSSR count). The largest absolute Gasteiger partial charge is 0.494 e. The van der Waals surface area contributed by atoms with Gasteiger partial charge in [0.15, 0.2) is 0 Å². The third-order valence-corrected chi connectivity index (χ3v) is 5.32. The molecular weight excluding hydrogens is 406 g/mol. The van der Waals surface area contributed by atoms with Gasteiger partial charge in [-0.3, -0.25) is 4.79 Å². The predicted molar refractivity (Wildman–Crippen MR) is 123 cm³/mol. The number of carboxylic acids is 1. The average Bonchev–Trinajstić information content (AvgIpc) is 3.31. The summed E-state index contributed by atoms with van der Waals surface area (Å²) >= 11 is 0. The molecule has 2 aromatic carbocycles. The maximum atomic E-state index is 10.8. The Morgan fingerprint density at radius 3 is 2.41 bits per heavy atom. The van der Waals surface area contributed by atoms with E-state index in [9.17, 15) is 4.79 Å². The Labute approximate surface area is 188 Å². The summed E-state index contributed by atoms with van der Waals surface area (Å²) in [6.07, 6.45) is 7.05. The van der Waals surface area contributed by atoms with Crippen molar-refractivity contribution in [1.82, 2.24) is 10.1 Å². The van der Waals surface area contributed by atoms with Crippen LogP contribution in [0.15, 0.2) is 53.1 Å². The van der Waals surface area contributed by atoms with Crippen LogP contribution in [-0.4, -0.2) is 33.9 Å². The fourth-order valence-corrected chi connectivity index (χ4v) is 3.31. The average molecular weight is 438 g/mol. The molecule has 0 spiro atoms. The molecule has 0 aliphatic heterocycles. The van der Waals surface area contributed by atoms with Crippen LogP contribution in [0.25, 0.3) is 22.8 Å². The quantitative estimate of drug-likeness (QED) is 0.358. The number of ether oxygens (including phenoxy) is 1. The van der Waals surface area contributed by atoms with Crippen LogP contribution in [0.2, 0.25) is 0 Å². The Hall–Kier alpha value is -3.19. The van der Waals surface area contributed by atoms with Gasteiger partial charge in [-0.1, -0.05) is 62.0 Å². The molecule has 7 nitrogen and oxygen atoms in total. The zero-order chi connectivity index (χ0) is 22.8. The zero-order valence-electron chi connectivity index (χ0n) is 18.5. The molecule has 3 N–H and O–H groups in total. The van der Waals surface area contributed by atoms with Crippen molar-refractivity contribution in [3.05, 3.63) is 54.1 Å². The van der Waals surface area contributed by atoms with E-state index >= 15 is 0 Å². The number of aromatic nitrogens is 2. The van der Waals surface area contributed by atoms with Gasteiger partial charge in [0.2, 0.25) is 5.82 Å². The summed E-state index contributed by atoms with van der Waals surface area (Å²) < 4.78 is 11.2. The van der Waals surface area contributed by atoms with Crippen LogP contribution >= 0.6 is 0 Å². The summed E-state index contributed by atoms with van der Waals surface area (Å²) in [6, 6.07) is 14.5. The highest BCUT2D eigenvalue weighted by atomic mass is 16.5. The molecule has 7 heteroatoms. The Balaban J connectivity index is 1.53. The van der Waals surface area contributed by atoms with Gasteiger partial charge in [0, 0.05) is 11.1 Å². The normalized spacial score (nSPS) is 11.9. The lowest BCUT2D eigenvalue weighted by molar-refractivity contribution is -0.138. The van der Waals surface area contributed by atoms with E-state index in [-0.39, 0.29) is 0 Å². The molecule has 0 aliphatic rings. The Morgan fingerprint density at radius 2 is 1.72 bits per heavy atom. The van der Waals surface area contributed by atoms with Crippen LogP contribution in [0.3, 0.4) is 0 Å². The van der Waals surface area contributed by atoms with E-state index in [0.717, 1.165) is 35.5 Å². The Kier molecular flexibility index (Phi) is 8.80. The van der Waals surface area contributed by atoms with Gasteiger partial charge < -0.3 is 20.1 Å². The molecule has 0 unspecified atom stereocenters. The van der Waals surface area contributed by atoms with Gasteiger partial charge in [-0.15, -0.1) is 0 Å². The molecule has 3 aromatic rings. The van der Waals surface area contributed by atoms with Crippen molar-refractivity contribution < 1.29 is 19.2 Å². The lowest BCUT2D eigenvalue weighted by Gasteiger charge is -2.06. The molecule has 170 valence electrons. The number of nitrogens with two attached hydrogens (primary N) is 1. The third kappa shape index (κ3) is 6.92. The van der Waals surface area contributed by atoms with Gasteiger partial charge in [-0.05, 0) is 49.1 Å². The number of hydrogen-bond acceptors (Lipinski definition) is 6. The molecule has 1 atom stereocenters. The van der Waals surface area contributed by atoms with Crippen molar-refractivity contribution in [3.8, 4) is 28.6 Å². The fraction of sp³-hybridized carbons (Fsp3) is 0.400. The molecule has 0 amide bonds. The number of aliphatic carboxylic acids is 1. The van der Waals surface area contributed by atoms with Crippen molar-refractivity contribution in [2.45, 2.75) is 57.9 Å². The number of hydrogen-bond donors (Lipinski definition) is 2. The van der Waals surface area contributed by atoms with E-state index in [1.54, 1.807) is 0 Å². The number of nitrogens with zero attached hydrogens (tertiary/aromatic N) is 2. The van der Waals surface area contributed by atoms with Crippen LogP contribution in [0.1, 0.15) is 51.0 Å². The molecule has 0 saturated heterocycles. The first kappa shape index (κ1) is 23.5. The van der Waals surface area contributed by atoms with E-state index in [4.69, 9.17) is 20.1 Å². The van der Waals surface area contributed by atoms with Gasteiger partial charge in [-0.2, -0.15) is 4.98 Å². The van der Waals surface area contributed by atoms with Gasteiger partial charge in [0.25, 0.3) is 5.89 Å². The molecule has 32 heavy (non-hydrogen) atoms. The second-order valence-corrected chi connectivity index (χ2v) is 7.89. The highest BCUT2D eigenvalue weighted by molar-refractivity contribution is 5.73. The predicted octanol–water partition coefficient (Wildman–Crippen LogP) is 5.10. The maximum absolute atomic E-state index is 10.8. The number of carboxylic acid groups (broad SMARTS) is 1. The van der Waals surface area contributed by atoms with Crippen LogP contribution in [0.5, 0.6) is 5.75 Å². The smallest absolute Gasteiger partial charge is 0.320 e. The van der Waals surface area contributed by atoms with E-state index in [0.29, 0.717) is 24.6 Å². The summed E-state index contributed by atoms with van der Waals surface area (Å²) in [7, 11) is 0. The molecule has 0 radical (unpaired) electrons. The molecule has 0 saturated carbocycles. The summed E-state index contributed by atoms with van der Waals surface area (Å²) in [6.45, 7) is 2.94. The topological polar surface area (TPSA) is 111 Å². The van der Waals surface area contributed by atoms with Crippen molar-refractivity contribution >= 4 is 5.97 Å². The second kappa shape index (κ2) is 12.0. The van der Waals surface area contributed by atoms with E-state index in [1.165, 1.54) is 25.7 Å². The number of rotatable bonds is 13. The summed E-state index contributed by atoms with van der Waals surface area (Å²) in [5.74, 6) is 0.800. The number of carbonyl (C=O) groups is 1. The summed E-state index contributed by atoms with van der Waals surface area (Å²) in [5.41, 5.74) is 8.23. The molecule has 0 fully saturated rings. The van der Waals surface area contributed by atoms with Crippen molar-refractivity contribution in [2.75, 3.05) is 6.61 Å². The summed E-state index contributed by atoms with van der Waals surface area (Å²) in [4.78, 5) is 15.3. The molecule has 0 bridgehead atoms. The van der Waals surface area contributed by atoms with Crippen LogP contribution in [-0.2, 0) is 11.2 Å². The SMILES string of the molecule is CCCCCCCOc1ccc(-c2nc(-c3ccc(CC[C@H](N)C(=O)O)cc3)no2)cc1. The lowest BCUT2D eigenvalue weighted by Crippen LogP contribution is -2.30. The standard InChI is InChI=1S/C25H31N3O4/c1-2-3-4-5-6-17-31-21-14-12-20(13-15-21)24-27-23(28-32-24)19-10-7-18(8-11-19)9-16-22(26)25(29)30/h7-8,10-15,22H,2-6,9,16-17,26H2,1H3,(H,29,30)/t22-/m0/s1. The van der Waals surface area contributed by atoms with Crippen molar-refractivity contribution in [3.63, 3.8) is 0 Å². The van der Waals surface area contributed by atoms with Crippen molar-refractivity contribution in [2.24, 2.45) is 5.73 Å². The Morgan fingerprint density at radius 1 is 1.03 bits per heavy atom. The first-order chi connectivity index (χ1) is 15.6. The van der Waals surface area contributed by atoms with Crippen molar-refractivity contribution in [1.29, 1.82) is 0 Å². The second-order valence-electron chi connectivity index (χ2n) is 7.89. The van der Waals surface area contributed by atoms with Crippen LogP contribution < -0.4 is 10.5 Å². The van der Waals surface area contributed by atoms with Crippen LogP contribution in [0.4, 0.5) is 0 Å². The monoisotopic (exact) mass is 437 g/mol. The minimum absolute atomic E-state index is 0.388. The maximum Gasteiger partial charge on any atom is 0.320 e. The minimum Gasteiger partial charge on any atom is -0.494 e. The lowest BCUT2D eigenvalue weighted by atomic mass is 10.0. The minimum atomic E-state index is -0.983.